The van der Waals surface area contributed by atoms with Gasteiger partial charge in [-0.3, -0.25) is 9.36 Å². The van der Waals surface area contributed by atoms with Crippen LogP contribution in [0.3, 0.4) is 0 Å². The van der Waals surface area contributed by atoms with E-state index in [1.54, 1.807) is 29.8 Å². The van der Waals surface area contributed by atoms with Crippen molar-refractivity contribution < 1.29 is 4.74 Å². The van der Waals surface area contributed by atoms with Crippen LogP contribution in [0.1, 0.15) is 17.0 Å². The molecule has 0 saturated carbocycles. The fourth-order valence-corrected chi connectivity index (χ4v) is 2.29. The Bertz CT molecular complexity index is 747. The van der Waals surface area contributed by atoms with Crippen LogP contribution >= 0.6 is 22.6 Å². The largest absolute Gasteiger partial charge is 0.495 e. The Hall–Kier alpha value is -1.88. The summed E-state index contributed by atoms with van der Waals surface area (Å²) in [5.74, 6) is 1.17. The molecule has 6 heteroatoms. The molecule has 0 atom stereocenters. The molecule has 20 heavy (non-hydrogen) atoms. The summed E-state index contributed by atoms with van der Waals surface area (Å²) in [4.78, 5) is 16.3. The second-order valence-corrected chi connectivity index (χ2v) is 5.35. The molecule has 0 fully saturated rings. The molecule has 0 aliphatic carbocycles. The van der Waals surface area contributed by atoms with Crippen molar-refractivity contribution >= 4 is 22.6 Å². The zero-order valence-corrected chi connectivity index (χ0v) is 13.2. The molecule has 2 rings (SSSR count). The number of nitrogens with zero attached hydrogens (tertiary/aromatic N) is 3. The van der Waals surface area contributed by atoms with Gasteiger partial charge in [0.2, 0.25) is 0 Å². The third kappa shape index (κ3) is 2.82. The summed E-state index contributed by atoms with van der Waals surface area (Å²) in [6, 6.07) is 7.38. The number of methoxy groups -OCH3 is 1. The monoisotopic (exact) mass is 381 g/mol. The van der Waals surface area contributed by atoms with Gasteiger partial charge in [0.15, 0.2) is 0 Å². The quantitative estimate of drug-likeness (QED) is 0.764. The van der Waals surface area contributed by atoms with E-state index in [0.29, 0.717) is 27.3 Å². The molecule has 1 heterocycles. The van der Waals surface area contributed by atoms with Gasteiger partial charge >= 0.3 is 0 Å². The van der Waals surface area contributed by atoms with Gasteiger partial charge in [-0.2, -0.15) is 5.26 Å². The highest BCUT2D eigenvalue weighted by molar-refractivity contribution is 14.1. The van der Waals surface area contributed by atoms with Crippen LogP contribution in [0.5, 0.6) is 5.75 Å². The maximum absolute atomic E-state index is 12.1. The van der Waals surface area contributed by atoms with Crippen molar-refractivity contribution in [3.63, 3.8) is 0 Å². The molecule has 0 aliphatic rings. The third-order valence-corrected chi connectivity index (χ3v) is 3.67. The van der Waals surface area contributed by atoms with E-state index in [-0.39, 0.29) is 5.56 Å². The SMILES string of the molecule is COc1ccc(Cn2c(C)ncc(I)c2=O)cc1C#N. The number of ether oxygens (including phenoxy) is 1. The molecule has 0 bridgehead atoms. The highest BCUT2D eigenvalue weighted by atomic mass is 127. The fraction of sp³-hybridized carbons (Fsp3) is 0.214. The Morgan fingerprint density at radius 3 is 2.90 bits per heavy atom. The molecule has 1 aromatic heterocycles. The van der Waals surface area contributed by atoms with Gasteiger partial charge in [-0.15, -0.1) is 0 Å². The zero-order valence-electron chi connectivity index (χ0n) is 11.1. The number of aromatic nitrogens is 2. The van der Waals surface area contributed by atoms with Gasteiger partial charge in [-0.05, 0) is 47.2 Å². The molecular weight excluding hydrogens is 369 g/mol. The Balaban J connectivity index is 2.44. The Morgan fingerprint density at radius 1 is 1.50 bits per heavy atom. The first kappa shape index (κ1) is 14.5. The summed E-state index contributed by atoms with van der Waals surface area (Å²) in [7, 11) is 1.52. The second-order valence-electron chi connectivity index (χ2n) is 4.19. The molecule has 102 valence electrons. The second kappa shape index (κ2) is 6.05. The highest BCUT2D eigenvalue weighted by Gasteiger charge is 2.08. The van der Waals surface area contributed by atoms with E-state index in [1.165, 1.54) is 7.11 Å². The van der Waals surface area contributed by atoms with Crippen molar-refractivity contribution in [2.24, 2.45) is 0 Å². The Kier molecular flexibility index (Phi) is 4.39. The smallest absolute Gasteiger partial charge is 0.267 e. The van der Waals surface area contributed by atoms with Crippen LogP contribution in [0.25, 0.3) is 0 Å². The molecule has 0 unspecified atom stereocenters. The van der Waals surface area contributed by atoms with Crippen molar-refractivity contribution in [2.75, 3.05) is 7.11 Å². The molecule has 0 N–H and O–H groups in total. The van der Waals surface area contributed by atoms with Gasteiger partial charge in [0, 0.05) is 6.20 Å². The summed E-state index contributed by atoms with van der Waals surface area (Å²) in [5.41, 5.74) is 1.23. The molecule has 0 amide bonds. The first-order valence-corrected chi connectivity index (χ1v) is 6.93. The molecule has 5 nitrogen and oxygen atoms in total. The highest BCUT2D eigenvalue weighted by Crippen LogP contribution is 2.19. The maximum atomic E-state index is 12.1. The minimum Gasteiger partial charge on any atom is -0.495 e. The van der Waals surface area contributed by atoms with Crippen molar-refractivity contribution in [3.05, 3.63) is 55.3 Å². The predicted octanol–water partition coefficient (Wildman–Crippen LogP) is 2.08. The van der Waals surface area contributed by atoms with E-state index in [2.05, 4.69) is 11.1 Å². The van der Waals surface area contributed by atoms with Crippen LogP contribution in [0, 0.1) is 21.8 Å². The first-order valence-electron chi connectivity index (χ1n) is 5.85. The number of benzene rings is 1. The summed E-state index contributed by atoms with van der Waals surface area (Å²) >= 11 is 1.97. The molecule has 1 aromatic carbocycles. The van der Waals surface area contributed by atoms with Gasteiger partial charge in [0.1, 0.15) is 17.6 Å². The van der Waals surface area contributed by atoms with Gasteiger partial charge in [0.05, 0.1) is 22.8 Å². The average Bonchev–Trinajstić information content (AvgIpc) is 2.47. The number of hydrogen-bond acceptors (Lipinski definition) is 4. The van der Waals surface area contributed by atoms with Gasteiger partial charge in [-0.25, -0.2) is 4.98 Å². The third-order valence-electron chi connectivity index (χ3n) is 2.93. The summed E-state index contributed by atoms with van der Waals surface area (Å²) in [6.07, 6.45) is 1.56. The first-order chi connectivity index (χ1) is 9.56. The van der Waals surface area contributed by atoms with Gasteiger partial charge in [0.25, 0.3) is 5.56 Å². The van der Waals surface area contributed by atoms with E-state index in [1.807, 2.05) is 28.7 Å². The topological polar surface area (TPSA) is 67.9 Å². The van der Waals surface area contributed by atoms with E-state index in [4.69, 9.17) is 10.00 Å². The predicted molar refractivity (Wildman–Crippen MR) is 82.8 cm³/mol. The molecule has 0 aliphatic heterocycles. The van der Waals surface area contributed by atoms with E-state index < -0.39 is 0 Å². The van der Waals surface area contributed by atoms with Crippen LogP contribution in [-0.2, 0) is 6.54 Å². The average molecular weight is 381 g/mol. The van der Waals surface area contributed by atoms with Crippen molar-refractivity contribution in [2.45, 2.75) is 13.5 Å². The minimum atomic E-state index is -0.0765. The lowest BCUT2D eigenvalue weighted by Crippen LogP contribution is -2.26. The van der Waals surface area contributed by atoms with E-state index in [9.17, 15) is 4.79 Å². The lowest BCUT2D eigenvalue weighted by Gasteiger charge is -2.10. The van der Waals surface area contributed by atoms with E-state index in [0.717, 1.165) is 5.56 Å². The Labute approximate surface area is 130 Å². The number of hydrogen-bond donors (Lipinski definition) is 0. The van der Waals surface area contributed by atoms with Crippen molar-refractivity contribution in [3.8, 4) is 11.8 Å². The molecular formula is C14H12IN3O2. The van der Waals surface area contributed by atoms with Gasteiger partial charge < -0.3 is 4.74 Å². The normalized spacial score (nSPS) is 10.1. The molecule has 2 aromatic rings. The molecule has 0 saturated heterocycles. The van der Waals surface area contributed by atoms with Crippen LogP contribution in [0.15, 0.2) is 29.2 Å². The summed E-state index contributed by atoms with van der Waals surface area (Å²) < 4.78 is 7.26. The van der Waals surface area contributed by atoms with Crippen molar-refractivity contribution in [1.82, 2.24) is 9.55 Å². The van der Waals surface area contributed by atoms with Crippen LogP contribution in [0.4, 0.5) is 0 Å². The molecule has 0 spiro atoms. The number of nitriles is 1. The summed E-state index contributed by atoms with van der Waals surface area (Å²) in [6.45, 7) is 2.17. The van der Waals surface area contributed by atoms with Crippen LogP contribution < -0.4 is 10.3 Å². The minimum absolute atomic E-state index is 0.0765. The Morgan fingerprint density at radius 2 is 2.25 bits per heavy atom. The van der Waals surface area contributed by atoms with Crippen LogP contribution in [-0.4, -0.2) is 16.7 Å². The van der Waals surface area contributed by atoms with Crippen molar-refractivity contribution in [1.29, 1.82) is 5.26 Å². The van der Waals surface area contributed by atoms with E-state index >= 15 is 0 Å². The summed E-state index contributed by atoms with van der Waals surface area (Å²) in [5, 5.41) is 9.08. The molecule has 0 radical (unpaired) electrons. The number of halogens is 1. The number of rotatable bonds is 3. The van der Waals surface area contributed by atoms with Gasteiger partial charge in [-0.1, -0.05) is 6.07 Å². The number of aryl methyl sites for hydroxylation is 1. The maximum Gasteiger partial charge on any atom is 0.267 e. The lowest BCUT2D eigenvalue weighted by atomic mass is 10.1. The fourth-order valence-electron chi connectivity index (χ4n) is 1.86. The lowest BCUT2D eigenvalue weighted by molar-refractivity contribution is 0.413. The van der Waals surface area contributed by atoms with Crippen LogP contribution in [0.2, 0.25) is 0 Å². The standard InChI is InChI=1S/C14H12IN3O2/c1-9-17-7-12(15)14(19)18(9)8-10-3-4-13(20-2)11(5-10)6-16/h3-5,7H,8H2,1-2H3. The zero-order chi connectivity index (χ0) is 14.7.